The predicted octanol–water partition coefficient (Wildman–Crippen LogP) is 2.86. The minimum Gasteiger partial charge on any atom is -0.351 e. The molecule has 2 aromatic heterocycles. The molecule has 1 saturated heterocycles. The third-order valence-electron chi connectivity index (χ3n) is 5.73. The molecular weight excluding hydrogens is 424 g/mol. The number of piperazine rings is 1. The van der Waals surface area contributed by atoms with Crippen molar-refractivity contribution in [3.05, 3.63) is 88.4 Å². The average Bonchev–Trinajstić information content (AvgIpc) is 3.51. The number of fused-ring (bicyclic) bond motifs is 1. The van der Waals surface area contributed by atoms with Crippen molar-refractivity contribution in [3.8, 4) is 5.69 Å². The molecule has 2 amide bonds. The summed E-state index contributed by atoms with van der Waals surface area (Å²) in [5.41, 5.74) is 2.14. The van der Waals surface area contributed by atoms with Crippen LogP contribution in [0.1, 0.15) is 21.0 Å². The van der Waals surface area contributed by atoms with Crippen molar-refractivity contribution in [2.75, 3.05) is 26.2 Å². The standard InChI is InChI=1S/C23H20N6O4/c30-22(20-8-9-28(25-20)17-5-3-6-18(15-17)29(32)33)26-10-12-27(13-11-26)23(31)21-14-16-4-1-2-7-19(16)24-21/h1-9,14-15,24H,10-13H2. The maximum atomic E-state index is 12.9. The molecule has 2 aromatic carbocycles. The van der Waals surface area contributed by atoms with Gasteiger partial charge in [0.2, 0.25) is 0 Å². The number of nitrogens with one attached hydrogen (secondary N) is 1. The lowest BCUT2D eigenvalue weighted by atomic mass is 10.2. The predicted molar refractivity (Wildman–Crippen MR) is 120 cm³/mol. The van der Waals surface area contributed by atoms with Crippen LogP contribution in [0.3, 0.4) is 0 Å². The molecule has 0 unspecified atom stereocenters. The summed E-state index contributed by atoms with van der Waals surface area (Å²) in [6.07, 6.45) is 1.60. The van der Waals surface area contributed by atoms with Crippen LogP contribution in [0.15, 0.2) is 66.9 Å². The van der Waals surface area contributed by atoms with E-state index in [0.717, 1.165) is 10.9 Å². The molecule has 3 heterocycles. The molecule has 10 nitrogen and oxygen atoms in total. The zero-order valence-corrected chi connectivity index (χ0v) is 17.5. The van der Waals surface area contributed by atoms with Crippen molar-refractivity contribution in [1.82, 2.24) is 24.6 Å². The molecule has 0 atom stereocenters. The zero-order chi connectivity index (χ0) is 22.9. The fourth-order valence-electron chi connectivity index (χ4n) is 3.96. The number of nitrogens with zero attached hydrogens (tertiary/aromatic N) is 5. The first-order valence-corrected chi connectivity index (χ1v) is 10.5. The molecule has 1 fully saturated rings. The number of amides is 2. The Hall–Kier alpha value is -4.47. The Morgan fingerprint density at radius 1 is 0.909 bits per heavy atom. The summed E-state index contributed by atoms with van der Waals surface area (Å²) in [6, 6.07) is 17.2. The molecule has 33 heavy (non-hydrogen) atoms. The molecule has 1 N–H and O–H groups in total. The molecule has 5 rings (SSSR count). The number of nitro groups is 1. The number of carbonyl (C=O) groups excluding carboxylic acids is 2. The Kier molecular flexibility index (Phi) is 5.09. The number of carbonyl (C=O) groups is 2. The molecule has 0 aliphatic carbocycles. The van der Waals surface area contributed by atoms with Gasteiger partial charge in [0.15, 0.2) is 5.69 Å². The van der Waals surface area contributed by atoms with E-state index in [9.17, 15) is 19.7 Å². The number of benzene rings is 2. The number of aromatic amines is 1. The number of para-hydroxylation sites is 1. The minimum absolute atomic E-state index is 0.0494. The Balaban J connectivity index is 1.24. The van der Waals surface area contributed by atoms with Gasteiger partial charge >= 0.3 is 0 Å². The van der Waals surface area contributed by atoms with Gasteiger partial charge in [-0.15, -0.1) is 0 Å². The number of rotatable bonds is 4. The minimum atomic E-state index is -0.477. The van der Waals surface area contributed by atoms with E-state index >= 15 is 0 Å². The van der Waals surface area contributed by atoms with E-state index in [-0.39, 0.29) is 23.2 Å². The Morgan fingerprint density at radius 2 is 1.64 bits per heavy atom. The van der Waals surface area contributed by atoms with Crippen molar-refractivity contribution < 1.29 is 14.5 Å². The van der Waals surface area contributed by atoms with Gasteiger partial charge in [-0.25, -0.2) is 4.68 Å². The average molecular weight is 444 g/mol. The van der Waals surface area contributed by atoms with Gasteiger partial charge in [-0.1, -0.05) is 24.3 Å². The van der Waals surface area contributed by atoms with Gasteiger partial charge in [-0.3, -0.25) is 19.7 Å². The highest BCUT2D eigenvalue weighted by molar-refractivity contribution is 5.98. The van der Waals surface area contributed by atoms with Crippen molar-refractivity contribution in [3.63, 3.8) is 0 Å². The number of H-pyrrole nitrogens is 1. The topological polar surface area (TPSA) is 117 Å². The second kappa shape index (κ2) is 8.23. The summed E-state index contributed by atoms with van der Waals surface area (Å²) in [7, 11) is 0. The van der Waals surface area contributed by atoms with Crippen molar-refractivity contribution in [2.45, 2.75) is 0 Å². The third-order valence-corrected chi connectivity index (χ3v) is 5.73. The first kappa shape index (κ1) is 20.4. The highest BCUT2D eigenvalue weighted by Crippen LogP contribution is 2.19. The van der Waals surface area contributed by atoms with Crippen LogP contribution in [-0.4, -0.2) is 67.5 Å². The molecule has 0 radical (unpaired) electrons. The number of hydrogen-bond donors (Lipinski definition) is 1. The van der Waals surface area contributed by atoms with Gasteiger partial charge in [-0.2, -0.15) is 5.10 Å². The maximum absolute atomic E-state index is 12.9. The van der Waals surface area contributed by atoms with Gasteiger partial charge < -0.3 is 14.8 Å². The Morgan fingerprint density at radius 3 is 2.36 bits per heavy atom. The number of non-ortho nitro benzene ring substituents is 1. The highest BCUT2D eigenvalue weighted by atomic mass is 16.6. The van der Waals surface area contributed by atoms with Crippen LogP contribution < -0.4 is 0 Å². The molecule has 0 saturated carbocycles. The lowest BCUT2D eigenvalue weighted by Gasteiger charge is -2.34. The summed E-state index contributed by atoms with van der Waals surface area (Å²) in [4.78, 5) is 42.9. The quantitative estimate of drug-likeness (QED) is 0.384. The van der Waals surface area contributed by atoms with E-state index in [2.05, 4.69) is 10.1 Å². The van der Waals surface area contributed by atoms with E-state index in [1.807, 2.05) is 30.3 Å². The molecule has 1 aliphatic heterocycles. The lowest BCUT2D eigenvalue weighted by Crippen LogP contribution is -2.50. The normalized spacial score (nSPS) is 13.9. The fourth-order valence-corrected chi connectivity index (χ4v) is 3.96. The second-order valence-corrected chi connectivity index (χ2v) is 7.78. The summed E-state index contributed by atoms with van der Waals surface area (Å²) in [5.74, 6) is -0.329. The molecule has 4 aromatic rings. The smallest absolute Gasteiger partial charge is 0.274 e. The second-order valence-electron chi connectivity index (χ2n) is 7.78. The molecule has 0 spiro atoms. The highest BCUT2D eigenvalue weighted by Gasteiger charge is 2.27. The van der Waals surface area contributed by atoms with Crippen LogP contribution in [-0.2, 0) is 0 Å². The monoisotopic (exact) mass is 444 g/mol. The molecule has 1 aliphatic rings. The molecule has 166 valence electrons. The van der Waals surface area contributed by atoms with Gasteiger partial charge in [0.05, 0.1) is 10.6 Å². The summed E-state index contributed by atoms with van der Waals surface area (Å²) >= 11 is 0. The van der Waals surface area contributed by atoms with E-state index < -0.39 is 4.92 Å². The number of nitro benzene ring substituents is 1. The SMILES string of the molecule is O=C(c1ccn(-c2cccc([N+](=O)[O-])c2)n1)N1CCN(C(=O)c2cc3ccccc3[nH]2)CC1. The van der Waals surface area contributed by atoms with Crippen LogP contribution in [0, 0.1) is 10.1 Å². The first-order valence-electron chi connectivity index (χ1n) is 10.5. The van der Waals surface area contributed by atoms with Crippen LogP contribution >= 0.6 is 0 Å². The van der Waals surface area contributed by atoms with E-state index in [1.165, 1.54) is 16.8 Å². The van der Waals surface area contributed by atoms with Crippen LogP contribution in [0.5, 0.6) is 0 Å². The van der Waals surface area contributed by atoms with Crippen LogP contribution in [0.2, 0.25) is 0 Å². The number of hydrogen-bond acceptors (Lipinski definition) is 5. The largest absolute Gasteiger partial charge is 0.351 e. The Bertz CT molecular complexity index is 1330. The van der Waals surface area contributed by atoms with E-state index in [0.29, 0.717) is 37.6 Å². The van der Waals surface area contributed by atoms with Gasteiger partial charge in [-0.05, 0) is 24.3 Å². The Labute approximate surface area is 188 Å². The van der Waals surface area contributed by atoms with Gasteiger partial charge in [0.25, 0.3) is 17.5 Å². The summed E-state index contributed by atoms with van der Waals surface area (Å²) < 4.78 is 1.44. The summed E-state index contributed by atoms with van der Waals surface area (Å²) in [6.45, 7) is 1.64. The zero-order valence-electron chi connectivity index (χ0n) is 17.5. The van der Waals surface area contributed by atoms with E-state index in [4.69, 9.17) is 0 Å². The van der Waals surface area contributed by atoms with Crippen LogP contribution in [0.25, 0.3) is 16.6 Å². The summed E-state index contributed by atoms with van der Waals surface area (Å²) in [5, 5.41) is 16.3. The van der Waals surface area contributed by atoms with Crippen LogP contribution in [0.4, 0.5) is 5.69 Å². The van der Waals surface area contributed by atoms with Crippen molar-refractivity contribution >= 4 is 28.4 Å². The maximum Gasteiger partial charge on any atom is 0.274 e. The molecule has 0 bridgehead atoms. The van der Waals surface area contributed by atoms with Crippen molar-refractivity contribution in [2.24, 2.45) is 0 Å². The third kappa shape index (κ3) is 3.93. The first-order chi connectivity index (χ1) is 16.0. The lowest BCUT2D eigenvalue weighted by molar-refractivity contribution is -0.384. The van der Waals surface area contributed by atoms with Crippen molar-refractivity contribution in [1.29, 1.82) is 0 Å². The van der Waals surface area contributed by atoms with Gasteiger partial charge in [0.1, 0.15) is 5.69 Å². The van der Waals surface area contributed by atoms with Gasteiger partial charge in [0, 0.05) is 55.4 Å². The number of aromatic nitrogens is 3. The molecular formula is C23H20N6O4. The van der Waals surface area contributed by atoms with E-state index in [1.54, 1.807) is 34.2 Å². The fraction of sp³-hybridized carbons (Fsp3) is 0.174. The molecule has 10 heteroatoms.